The number of aromatic nitrogens is 3. The molecule has 0 spiro atoms. The van der Waals surface area contributed by atoms with Gasteiger partial charge in [-0.05, 0) is 13.8 Å². The Balaban J connectivity index is 2.72. The molecule has 0 aliphatic carbocycles. The number of rotatable bonds is 7. The van der Waals surface area contributed by atoms with Crippen LogP contribution < -0.4 is 9.64 Å². The Hall–Kier alpha value is -1.67. The van der Waals surface area contributed by atoms with Gasteiger partial charge in [-0.25, -0.2) is 13.8 Å². The molecule has 0 radical (unpaired) electrons. The van der Waals surface area contributed by atoms with Gasteiger partial charge in [0.25, 0.3) is 0 Å². The fourth-order valence-corrected chi connectivity index (χ4v) is 1.23. The molecular formula is C10H14F4N4O. The number of nitrogens with zero attached hydrogens (tertiary/aromatic N) is 4. The summed E-state index contributed by atoms with van der Waals surface area (Å²) in [7, 11) is 0. The lowest BCUT2D eigenvalue weighted by Gasteiger charge is -2.19. The van der Waals surface area contributed by atoms with Gasteiger partial charge in [-0.1, -0.05) is 0 Å². The minimum atomic E-state index is -4.23. The highest BCUT2D eigenvalue weighted by atomic mass is 19.3. The van der Waals surface area contributed by atoms with Crippen LogP contribution in [-0.2, 0) is 0 Å². The van der Waals surface area contributed by atoms with E-state index >= 15 is 0 Å². The smallest absolute Gasteiger partial charge is 0.340 e. The molecular weight excluding hydrogens is 268 g/mol. The first kappa shape index (κ1) is 15.4. The van der Waals surface area contributed by atoms with Gasteiger partial charge in [0.1, 0.15) is 6.33 Å². The molecule has 0 aromatic carbocycles. The molecule has 1 rings (SSSR count). The first-order chi connectivity index (χ1) is 8.90. The minimum absolute atomic E-state index is 0.246. The largest absolute Gasteiger partial charge is 0.457 e. The van der Waals surface area contributed by atoms with Crippen LogP contribution in [0.3, 0.4) is 0 Å². The molecule has 0 atom stereocenters. The molecule has 0 bridgehead atoms. The highest BCUT2D eigenvalue weighted by molar-refractivity contribution is 5.28. The van der Waals surface area contributed by atoms with Gasteiger partial charge >= 0.3 is 18.4 Å². The van der Waals surface area contributed by atoms with Crippen molar-refractivity contribution in [3.63, 3.8) is 0 Å². The van der Waals surface area contributed by atoms with Gasteiger partial charge in [0.2, 0.25) is 5.95 Å². The average molecular weight is 282 g/mol. The van der Waals surface area contributed by atoms with Crippen molar-refractivity contribution in [3.05, 3.63) is 6.33 Å². The minimum Gasteiger partial charge on any atom is -0.457 e. The number of hydrogen-bond acceptors (Lipinski definition) is 5. The van der Waals surface area contributed by atoms with Crippen molar-refractivity contribution in [2.45, 2.75) is 26.2 Å². The van der Waals surface area contributed by atoms with Gasteiger partial charge in [0.15, 0.2) is 6.61 Å². The first-order valence-electron chi connectivity index (χ1n) is 5.63. The highest BCUT2D eigenvalue weighted by Gasteiger charge is 2.42. The summed E-state index contributed by atoms with van der Waals surface area (Å²) < 4.78 is 53.7. The molecule has 108 valence electrons. The molecule has 0 unspecified atom stereocenters. The third-order valence-electron chi connectivity index (χ3n) is 2.30. The van der Waals surface area contributed by atoms with Crippen molar-refractivity contribution in [2.75, 3.05) is 24.6 Å². The SMILES string of the molecule is CCN(CC)c1ncnc(OCC(F)(F)C(F)F)n1. The average Bonchev–Trinajstić information content (AvgIpc) is 2.38. The normalized spacial score (nSPS) is 11.7. The molecule has 9 heteroatoms. The second-order valence-electron chi connectivity index (χ2n) is 3.59. The summed E-state index contributed by atoms with van der Waals surface area (Å²) in [6.07, 6.45) is -2.71. The molecule has 1 aromatic heterocycles. The number of ether oxygens (including phenoxy) is 1. The monoisotopic (exact) mass is 282 g/mol. The van der Waals surface area contributed by atoms with E-state index in [0.29, 0.717) is 13.1 Å². The summed E-state index contributed by atoms with van der Waals surface area (Å²) >= 11 is 0. The van der Waals surface area contributed by atoms with Crippen molar-refractivity contribution in [1.82, 2.24) is 15.0 Å². The second kappa shape index (κ2) is 6.48. The van der Waals surface area contributed by atoms with Gasteiger partial charge in [-0.2, -0.15) is 18.7 Å². The molecule has 19 heavy (non-hydrogen) atoms. The van der Waals surface area contributed by atoms with Crippen LogP contribution in [0.1, 0.15) is 13.8 Å². The van der Waals surface area contributed by atoms with E-state index in [0.717, 1.165) is 6.33 Å². The molecule has 0 saturated heterocycles. The van der Waals surface area contributed by atoms with Crippen molar-refractivity contribution in [1.29, 1.82) is 0 Å². The molecule has 0 N–H and O–H groups in total. The predicted molar refractivity (Wildman–Crippen MR) is 59.8 cm³/mol. The zero-order chi connectivity index (χ0) is 14.5. The molecule has 0 fully saturated rings. The molecule has 0 aliphatic heterocycles. The Morgan fingerprint density at radius 3 is 2.42 bits per heavy atom. The molecule has 0 saturated carbocycles. The van der Waals surface area contributed by atoms with Crippen molar-refractivity contribution >= 4 is 5.95 Å². The summed E-state index contributed by atoms with van der Waals surface area (Å²) in [4.78, 5) is 12.9. The van der Waals surface area contributed by atoms with E-state index in [1.165, 1.54) is 0 Å². The van der Waals surface area contributed by atoms with Crippen LogP contribution in [0.2, 0.25) is 0 Å². The van der Waals surface area contributed by atoms with Crippen LogP contribution >= 0.6 is 0 Å². The van der Waals surface area contributed by atoms with Crippen molar-refractivity contribution < 1.29 is 22.3 Å². The second-order valence-corrected chi connectivity index (χ2v) is 3.59. The fourth-order valence-electron chi connectivity index (χ4n) is 1.23. The topological polar surface area (TPSA) is 51.1 Å². The summed E-state index contributed by atoms with van der Waals surface area (Å²) in [6.45, 7) is 3.45. The van der Waals surface area contributed by atoms with Gasteiger partial charge in [0, 0.05) is 13.1 Å². The maximum atomic E-state index is 12.7. The summed E-state index contributed by atoms with van der Waals surface area (Å²) in [5, 5.41) is 0. The van der Waals surface area contributed by atoms with E-state index in [1.807, 2.05) is 13.8 Å². The Kier molecular flexibility index (Phi) is 5.25. The first-order valence-corrected chi connectivity index (χ1v) is 5.63. The molecule has 5 nitrogen and oxygen atoms in total. The van der Waals surface area contributed by atoms with E-state index in [1.54, 1.807) is 4.90 Å². The van der Waals surface area contributed by atoms with Crippen LogP contribution in [0.15, 0.2) is 6.33 Å². The quantitative estimate of drug-likeness (QED) is 0.716. The zero-order valence-electron chi connectivity index (χ0n) is 10.5. The molecule has 0 aliphatic rings. The van der Waals surface area contributed by atoms with Crippen molar-refractivity contribution in [2.24, 2.45) is 0 Å². The standard InChI is InChI=1S/C10H14F4N4O/c1-3-18(4-2)8-15-6-16-9(17-8)19-5-10(13,14)7(11)12/h6-7H,3-5H2,1-2H3. The van der Waals surface area contributed by atoms with Gasteiger partial charge < -0.3 is 9.64 Å². The number of hydrogen-bond donors (Lipinski definition) is 0. The summed E-state index contributed by atoms with van der Waals surface area (Å²) in [6, 6.07) is -0.405. The van der Waals surface area contributed by atoms with Gasteiger partial charge in [-0.15, -0.1) is 0 Å². The highest BCUT2D eigenvalue weighted by Crippen LogP contribution is 2.23. The third-order valence-corrected chi connectivity index (χ3v) is 2.30. The third kappa shape index (κ3) is 4.18. The lowest BCUT2D eigenvalue weighted by molar-refractivity contribution is -0.149. The zero-order valence-corrected chi connectivity index (χ0v) is 10.5. The van der Waals surface area contributed by atoms with Crippen LogP contribution in [-0.4, -0.2) is 47.0 Å². The van der Waals surface area contributed by atoms with E-state index in [4.69, 9.17) is 0 Å². The molecule has 1 aromatic rings. The van der Waals surface area contributed by atoms with Crippen LogP contribution in [0, 0.1) is 0 Å². The van der Waals surface area contributed by atoms with Crippen molar-refractivity contribution in [3.8, 4) is 6.01 Å². The Morgan fingerprint density at radius 2 is 1.89 bits per heavy atom. The molecule has 0 amide bonds. The lowest BCUT2D eigenvalue weighted by atomic mass is 10.4. The number of anilines is 1. The lowest BCUT2D eigenvalue weighted by Crippen LogP contribution is -2.34. The van der Waals surface area contributed by atoms with E-state index in [-0.39, 0.29) is 5.95 Å². The Labute approximate surface area is 107 Å². The maximum absolute atomic E-state index is 12.7. The maximum Gasteiger partial charge on any atom is 0.340 e. The van der Waals surface area contributed by atoms with Gasteiger partial charge in [0.05, 0.1) is 0 Å². The Morgan fingerprint density at radius 1 is 1.26 bits per heavy atom. The van der Waals surface area contributed by atoms with Crippen LogP contribution in [0.4, 0.5) is 23.5 Å². The van der Waals surface area contributed by atoms with Gasteiger partial charge in [-0.3, -0.25) is 0 Å². The fraction of sp³-hybridized carbons (Fsp3) is 0.700. The summed E-state index contributed by atoms with van der Waals surface area (Å²) in [5.74, 6) is -3.99. The van der Waals surface area contributed by atoms with Crippen LogP contribution in [0.5, 0.6) is 6.01 Å². The number of halogens is 4. The van der Waals surface area contributed by atoms with E-state index < -0.39 is 25.0 Å². The molecule has 1 heterocycles. The number of alkyl halides is 4. The van der Waals surface area contributed by atoms with Crippen LogP contribution in [0.25, 0.3) is 0 Å². The predicted octanol–water partition coefficient (Wildman–Crippen LogP) is 2.00. The summed E-state index contributed by atoms with van der Waals surface area (Å²) in [5.41, 5.74) is 0. The van der Waals surface area contributed by atoms with E-state index in [2.05, 4.69) is 19.7 Å². The van der Waals surface area contributed by atoms with E-state index in [9.17, 15) is 17.6 Å². The Bertz CT molecular complexity index is 401.